The Morgan fingerprint density at radius 1 is 0.686 bits per heavy atom. The van der Waals surface area contributed by atoms with Gasteiger partial charge in [-0.15, -0.1) is 0 Å². The van der Waals surface area contributed by atoms with Crippen molar-refractivity contribution in [3.8, 4) is 0 Å². The molecule has 0 bridgehead atoms. The normalized spacial score (nSPS) is 25.7. The zero-order valence-electron chi connectivity index (χ0n) is 55.7. The van der Waals surface area contributed by atoms with Gasteiger partial charge in [-0.2, -0.15) is 0 Å². The Hall–Kier alpha value is -3.33. The van der Waals surface area contributed by atoms with Crippen LogP contribution < -0.4 is 156 Å². The summed E-state index contributed by atoms with van der Waals surface area (Å²) in [6.07, 6.45) is -20.8. The minimum absolute atomic E-state index is 0. The van der Waals surface area contributed by atoms with Gasteiger partial charge in [-0.05, 0) is 73.9 Å². The summed E-state index contributed by atoms with van der Waals surface area (Å²) in [7, 11) is -16.5. The third-order valence-electron chi connectivity index (χ3n) is 16.5. The van der Waals surface area contributed by atoms with Gasteiger partial charge in [-0.25, -0.2) is 34.8 Å². The Morgan fingerprint density at radius 2 is 1.30 bits per heavy atom. The maximum atomic E-state index is 14.4. The van der Waals surface area contributed by atoms with E-state index in [2.05, 4.69) is 26.3 Å². The number of aromatic nitrogens is 2. The van der Waals surface area contributed by atoms with Crippen molar-refractivity contribution >= 4 is 82.4 Å². The van der Waals surface area contributed by atoms with E-state index in [1.165, 1.54) is 31.2 Å². The molecule has 4 amide bonds. The smallest absolute Gasteiger partial charge is 0.744 e. The molecule has 3 heterocycles. The number of carbonyl (C=O) groups is 6. The van der Waals surface area contributed by atoms with E-state index in [0.717, 1.165) is 25.3 Å². The number of carboxylic acid groups (broad SMARTS) is 1. The maximum absolute atomic E-state index is 14.4. The van der Waals surface area contributed by atoms with Gasteiger partial charge in [0, 0.05) is 30.5 Å². The number of aliphatic hydroxyl groups excluding tert-OH is 5. The van der Waals surface area contributed by atoms with E-state index in [4.69, 9.17) is 37.9 Å². The fourth-order valence-electron chi connectivity index (χ4n) is 11.7. The molecule has 0 radical (unpaired) electrons. The van der Waals surface area contributed by atoms with Crippen molar-refractivity contribution in [2.45, 2.75) is 159 Å². The molecular weight excluding hydrogens is 1460 g/mol. The molecular formula is C58H70N6Na4O31S3. The summed E-state index contributed by atoms with van der Waals surface area (Å²) in [5.74, 6) is -8.18. The number of aromatic amines is 2. The predicted molar refractivity (Wildman–Crippen MR) is 320 cm³/mol. The predicted octanol–water partition coefficient (Wildman–Crippen LogP) is -17.3. The number of carbonyl (C=O) groups excluding carboxylic acids is 6. The first-order valence-electron chi connectivity index (χ1n) is 30.4. The summed E-state index contributed by atoms with van der Waals surface area (Å²) < 4.78 is 155. The van der Waals surface area contributed by atoms with Crippen LogP contribution in [0.3, 0.4) is 0 Å². The first-order chi connectivity index (χ1) is 46.2. The van der Waals surface area contributed by atoms with Crippen LogP contribution in [0.25, 0.3) is 10.8 Å². The van der Waals surface area contributed by atoms with Crippen LogP contribution in [0.4, 0.5) is 5.69 Å². The zero-order valence-corrected chi connectivity index (χ0v) is 66.1. The van der Waals surface area contributed by atoms with Crippen LogP contribution in [-0.2, 0) is 87.4 Å². The number of esters is 1. The third-order valence-corrected chi connectivity index (χ3v) is 19.0. The molecule has 2 aliphatic heterocycles. The zero-order chi connectivity index (χ0) is 71.6. The van der Waals surface area contributed by atoms with Crippen LogP contribution in [0.15, 0.2) is 84.9 Å². The maximum Gasteiger partial charge on any atom is 1.00 e. The molecule has 4 fully saturated rings. The fraction of sp³-hybridized carbons (Fsp3) is 0.552. The van der Waals surface area contributed by atoms with E-state index < -0.39 is 245 Å². The number of hydrogen-bond acceptors (Lipinski definition) is 31. The molecule has 540 valence electrons. The van der Waals surface area contributed by atoms with Gasteiger partial charge in [-0.3, -0.25) is 29.0 Å². The number of benzene rings is 3. The quantitative estimate of drug-likeness (QED) is 0.0104. The van der Waals surface area contributed by atoms with Gasteiger partial charge in [-0.1, -0.05) is 50.3 Å². The van der Waals surface area contributed by atoms with Crippen molar-refractivity contribution in [3.05, 3.63) is 92.8 Å². The molecule has 2 saturated heterocycles. The van der Waals surface area contributed by atoms with E-state index in [1.54, 1.807) is 6.07 Å². The number of fused-ring (bicyclic) bond motifs is 1. The van der Waals surface area contributed by atoms with Gasteiger partial charge in [0.15, 0.2) is 18.7 Å². The summed E-state index contributed by atoms with van der Waals surface area (Å²) in [4.78, 5) is 106. The first kappa shape index (κ1) is 91.1. The average Bonchev–Trinajstić information content (AvgIpc) is 0.755. The summed E-state index contributed by atoms with van der Waals surface area (Å²) in [5.41, 5.74) is -3.59. The molecule has 37 nitrogen and oxygen atoms in total. The van der Waals surface area contributed by atoms with Crippen molar-refractivity contribution in [1.82, 2.24) is 25.9 Å². The molecule has 8 rings (SSSR count). The van der Waals surface area contributed by atoms with Crippen LogP contribution in [0.2, 0.25) is 0 Å². The van der Waals surface area contributed by atoms with Crippen molar-refractivity contribution in [2.24, 2.45) is 11.8 Å². The molecule has 1 aromatic heterocycles. The number of hydrogen-bond donors (Lipinski definition) is 11. The van der Waals surface area contributed by atoms with Gasteiger partial charge in [0.05, 0.1) is 76.1 Å². The third kappa shape index (κ3) is 24.9. The number of rotatable bonds is 29. The van der Waals surface area contributed by atoms with E-state index in [1.807, 2.05) is 4.98 Å². The molecule has 4 aliphatic rings. The summed E-state index contributed by atoms with van der Waals surface area (Å²) in [6, 6.07) is 8.09. The number of nitrogens with one attached hydrogen (secondary N) is 6. The van der Waals surface area contributed by atoms with Gasteiger partial charge in [0.1, 0.15) is 92.0 Å². The fourth-order valence-corrected chi connectivity index (χ4v) is 13.6. The standard InChI is InChI=1S/C58H74N6O31S3.4Na/c1-27-45(69)47(71)48(72)56(90-27)95-49-35(62-53(74)36-23-41(66)64-58(78)63-36)19-31(20-37(49)92-57-51(94-55(77)29-10-6-3-7-11-29)50(46(70)39(24-65)93-57)91-38(54(75)76)16-28-8-4-2-5-9-28)52(73)60-13-12-59-42(67)25-88-14-15-89-26-43(68)61-34-21-32(96(79,80)81)17-30-18-33(97(82,83)84)22-40(44(30)34)98(85,86)87;;;;/h3,6-7,10-11,17-18,21-23,27-28,31,35,37-39,45-51,56-57,65,69-72H,2,4-5,8-9,12-16,19-20,24-26H2,1H3,(H,59,67)(H,60,73)(H,61,68)(H,62,74)(H,75,76)(H,79,80,81)(H,82,83,84)(H,85,86,87)(H2,63,64,66,78);;;;/q;4*+1/p-4/t27-,31+,35-,37+,38-,39+,45+,46-,47+,48-,49+,50-,51+,56-,57+;;;;/m0..../s1. The Bertz CT molecular complexity index is 4000. The first-order valence-corrected chi connectivity index (χ1v) is 34.6. The van der Waals surface area contributed by atoms with Gasteiger partial charge in [0.25, 0.3) is 11.5 Å². The topological polar surface area (TPSA) is 586 Å². The summed E-state index contributed by atoms with van der Waals surface area (Å²) in [6.45, 7) is -2.66. The second-order valence-electron chi connectivity index (χ2n) is 23.5. The van der Waals surface area contributed by atoms with E-state index in [-0.39, 0.29) is 162 Å². The van der Waals surface area contributed by atoms with Crippen LogP contribution in [0.5, 0.6) is 0 Å². The van der Waals surface area contributed by atoms with Crippen LogP contribution >= 0.6 is 0 Å². The Morgan fingerprint density at radius 3 is 1.90 bits per heavy atom. The molecule has 15 atom stereocenters. The second-order valence-corrected chi connectivity index (χ2v) is 27.6. The van der Waals surface area contributed by atoms with Crippen LogP contribution in [0.1, 0.15) is 79.1 Å². The molecule has 2 saturated carbocycles. The second kappa shape index (κ2) is 40.7. The number of aliphatic hydroxyl groups is 5. The number of aliphatic carboxylic acids is 1. The number of anilines is 1. The molecule has 0 unspecified atom stereocenters. The van der Waals surface area contributed by atoms with Crippen molar-refractivity contribution in [1.29, 1.82) is 0 Å². The minimum Gasteiger partial charge on any atom is -0.744 e. The average molecular weight is 1540 g/mol. The molecule has 11 N–H and O–H groups in total. The number of carboxylic acids is 1. The molecule has 44 heteroatoms. The Balaban J connectivity index is 0.00000551. The molecule has 102 heavy (non-hydrogen) atoms. The Labute approximate surface area is 670 Å². The number of amides is 4. The van der Waals surface area contributed by atoms with Gasteiger partial charge in [0.2, 0.25) is 17.7 Å². The minimum atomic E-state index is -5.65. The number of ether oxygens (including phenoxy) is 8. The molecule has 0 spiro atoms. The van der Waals surface area contributed by atoms with Crippen molar-refractivity contribution < 1.29 is 254 Å². The number of H-pyrrole nitrogens is 2. The van der Waals surface area contributed by atoms with E-state index in [0.29, 0.717) is 31.0 Å². The van der Waals surface area contributed by atoms with Crippen LogP contribution in [0, 0.1) is 11.8 Å². The molecule has 4 aromatic rings. The van der Waals surface area contributed by atoms with Crippen molar-refractivity contribution in [3.63, 3.8) is 0 Å². The summed E-state index contributed by atoms with van der Waals surface area (Å²) >= 11 is 0. The SMILES string of the molecule is C[C@@H]1O[C@@H](O[C@@H]2[C@@H](NC(=O)c3cc(=O)[nH]c(=O)[nH]3)C[C@@H](C(=O)NCCNC(=O)COCCOCC(=O)Nc3cc(S(=O)(=O)[O-])cc4cc(S(=O)(=O)[O-])cc(S(=O)(=O)[O-])c34)C[C@H]2O[C@@H]2O[C@H](CO)[C@H](O)[C@H](O[C@@H](CC3CCCCC3)C(=O)[O-])[C@H]2OC(=O)c2ccccc2)[C@@H](O)[C@H](O)[C@@H]1O.[Na+].[Na+].[Na+].[Na+]. The monoisotopic (exact) mass is 1530 g/mol. The van der Waals surface area contributed by atoms with E-state index >= 15 is 0 Å². The molecule has 2 aliphatic carbocycles. The largest absolute Gasteiger partial charge is 1.00 e. The molecule has 3 aromatic carbocycles. The van der Waals surface area contributed by atoms with E-state index in [9.17, 15) is 108 Å². The Kier molecular flexibility index (Phi) is 36.4. The van der Waals surface area contributed by atoms with Gasteiger partial charge >= 0.3 is 130 Å². The van der Waals surface area contributed by atoms with Gasteiger partial charge < -0.3 is 113 Å². The van der Waals surface area contributed by atoms with Crippen molar-refractivity contribution in [2.75, 3.05) is 51.4 Å². The summed E-state index contributed by atoms with van der Waals surface area (Å²) in [5, 5.41) is 76.4. The van der Waals surface area contributed by atoms with Crippen LogP contribution in [-0.4, -0.2) is 242 Å².